The lowest BCUT2D eigenvalue weighted by Crippen LogP contribution is -2.23. The van der Waals surface area contributed by atoms with Crippen molar-refractivity contribution in [1.29, 1.82) is 0 Å². The van der Waals surface area contributed by atoms with Crippen molar-refractivity contribution in [2.45, 2.75) is 13.5 Å². The molecule has 0 fully saturated rings. The van der Waals surface area contributed by atoms with Gasteiger partial charge in [-0.2, -0.15) is 0 Å². The number of nitrogens with zero attached hydrogens (tertiary/aromatic N) is 1. The Balaban J connectivity index is 2.01. The van der Waals surface area contributed by atoms with Gasteiger partial charge >= 0.3 is 5.97 Å². The van der Waals surface area contributed by atoms with Crippen LogP contribution in [0, 0.1) is 0 Å². The number of methoxy groups -OCH3 is 2. The summed E-state index contributed by atoms with van der Waals surface area (Å²) in [6.07, 6.45) is 1.63. The normalized spacial score (nSPS) is 10.0. The first-order valence-corrected chi connectivity index (χ1v) is 8.31. The molecule has 0 saturated carbocycles. The fourth-order valence-electron chi connectivity index (χ4n) is 2.20. The predicted octanol–water partition coefficient (Wildman–Crippen LogP) is 1.97. The molecule has 1 heterocycles. The Bertz CT molecular complexity index is 794. The van der Waals surface area contributed by atoms with Crippen LogP contribution in [0.25, 0.3) is 0 Å². The van der Waals surface area contributed by atoms with Gasteiger partial charge in [-0.15, -0.1) is 0 Å². The molecule has 0 unspecified atom stereocenters. The van der Waals surface area contributed by atoms with Gasteiger partial charge < -0.3 is 24.3 Å². The van der Waals surface area contributed by atoms with Crippen LogP contribution in [0.3, 0.4) is 0 Å². The van der Waals surface area contributed by atoms with Crippen LogP contribution in [-0.2, 0) is 16.1 Å². The summed E-state index contributed by atoms with van der Waals surface area (Å²) in [7, 11) is 2.73. The van der Waals surface area contributed by atoms with Crippen molar-refractivity contribution in [1.82, 2.24) is 10.3 Å². The number of carbonyl (C=O) groups excluding carboxylic acids is 2. The van der Waals surface area contributed by atoms with Gasteiger partial charge in [-0.3, -0.25) is 4.79 Å². The van der Waals surface area contributed by atoms with Crippen LogP contribution in [0.15, 0.2) is 36.5 Å². The van der Waals surface area contributed by atoms with Crippen LogP contribution < -0.4 is 19.5 Å². The topological polar surface area (TPSA) is 96.0 Å². The standard InChI is InChI=1S/C19H22N2O6/c1-4-26-17-9-13(7-8-20-17)11-21-19(23)14-5-6-15(16(10-14)24-2)27-12-18(22)25-3/h5-10H,4,11-12H2,1-3H3,(H,21,23). The Morgan fingerprint density at radius 1 is 1.07 bits per heavy atom. The maximum absolute atomic E-state index is 12.4. The van der Waals surface area contributed by atoms with E-state index in [0.717, 1.165) is 5.56 Å². The number of hydrogen-bond acceptors (Lipinski definition) is 7. The summed E-state index contributed by atoms with van der Waals surface area (Å²) < 4.78 is 20.4. The fraction of sp³-hybridized carbons (Fsp3) is 0.316. The third kappa shape index (κ3) is 5.88. The second kappa shape index (κ2) is 10.0. The summed E-state index contributed by atoms with van der Waals surface area (Å²) in [5.74, 6) is 0.410. The summed E-state index contributed by atoms with van der Waals surface area (Å²) in [5.41, 5.74) is 1.27. The van der Waals surface area contributed by atoms with E-state index in [0.29, 0.717) is 36.1 Å². The molecular weight excluding hydrogens is 352 g/mol. The van der Waals surface area contributed by atoms with E-state index in [9.17, 15) is 9.59 Å². The summed E-state index contributed by atoms with van der Waals surface area (Å²) in [5, 5.41) is 2.82. The molecular formula is C19H22N2O6. The number of hydrogen-bond donors (Lipinski definition) is 1. The van der Waals surface area contributed by atoms with Crippen LogP contribution in [0.2, 0.25) is 0 Å². The molecule has 1 aromatic carbocycles. The van der Waals surface area contributed by atoms with Crippen LogP contribution >= 0.6 is 0 Å². The van der Waals surface area contributed by atoms with Gasteiger partial charge in [0.05, 0.1) is 20.8 Å². The number of aromatic nitrogens is 1. The zero-order valence-corrected chi connectivity index (χ0v) is 15.5. The van der Waals surface area contributed by atoms with E-state index >= 15 is 0 Å². The Kier molecular flexibility index (Phi) is 7.42. The minimum absolute atomic E-state index is 0.247. The molecule has 1 aromatic heterocycles. The van der Waals surface area contributed by atoms with Gasteiger partial charge in [0.2, 0.25) is 5.88 Å². The second-order valence-corrected chi connectivity index (χ2v) is 5.35. The third-order valence-electron chi connectivity index (χ3n) is 3.54. The average molecular weight is 374 g/mol. The van der Waals surface area contributed by atoms with Crippen molar-refractivity contribution < 1.29 is 28.5 Å². The molecule has 8 nitrogen and oxygen atoms in total. The predicted molar refractivity (Wildman–Crippen MR) is 97.1 cm³/mol. The minimum atomic E-state index is -0.511. The molecule has 0 spiro atoms. The van der Waals surface area contributed by atoms with Crippen LogP contribution in [-0.4, -0.2) is 44.3 Å². The molecule has 0 atom stereocenters. The van der Waals surface area contributed by atoms with E-state index < -0.39 is 5.97 Å². The van der Waals surface area contributed by atoms with Gasteiger partial charge in [0.15, 0.2) is 18.1 Å². The number of carbonyl (C=O) groups is 2. The van der Waals surface area contributed by atoms with Crippen molar-refractivity contribution in [3.63, 3.8) is 0 Å². The highest BCUT2D eigenvalue weighted by Crippen LogP contribution is 2.28. The number of amides is 1. The molecule has 0 aliphatic carbocycles. The van der Waals surface area contributed by atoms with Crippen molar-refractivity contribution in [3.05, 3.63) is 47.7 Å². The van der Waals surface area contributed by atoms with Crippen LogP contribution in [0.5, 0.6) is 17.4 Å². The summed E-state index contributed by atoms with van der Waals surface area (Å²) in [4.78, 5) is 27.7. The fourth-order valence-corrected chi connectivity index (χ4v) is 2.20. The van der Waals surface area contributed by atoms with E-state index in [4.69, 9.17) is 14.2 Å². The molecule has 2 rings (SSSR count). The molecule has 2 aromatic rings. The van der Waals surface area contributed by atoms with Gasteiger partial charge in [-0.1, -0.05) is 0 Å². The van der Waals surface area contributed by atoms with Crippen molar-refractivity contribution >= 4 is 11.9 Å². The van der Waals surface area contributed by atoms with E-state index in [1.165, 1.54) is 14.2 Å². The zero-order valence-electron chi connectivity index (χ0n) is 15.5. The summed E-state index contributed by atoms with van der Waals surface area (Å²) in [6, 6.07) is 8.26. The quantitative estimate of drug-likeness (QED) is 0.670. The van der Waals surface area contributed by atoms with Gasteiger partial charge in [0.25, 0.3) is 5.91 Å². The number of pyridine rings is 1. The van der Waals surface area contributed by atoms with E-state index in [1.807, 2.05) is 6.92 Å². The second-order valence-electron chi connectivity index (χ2n) is 5.35. The maximum atomic E-state index is 12.4. The van der Waals surface area contributed by atoms with Crippen molar-refractivity contribution in [2.24, 2.45) is 0 Å². The Morgan fingerprint density at radius 3 is 2.59 bits per heavy atom. The maximum Gasteiger partial charge on any atom is 0.343 e. The number of nitrogens with one attached hydrogen (secondary N) is 1. The molecule has 1 N–H and O–H groups in total. The lowest BCUT2D eigenvalue weighted by atomic mass is 10.1. The minimum Gasteiger partial charge on any atom is -0.493 e. The first kappa shape index (κ1) is 20.0. The molecule has 27 heavy (non-hydrogen) atoms. The lowest BCUT2D eigenvalue weighted by molar-refractivity contribution is -0.142. The molecule has 8 heteroatoms. The molecule has 0 aliphatic rings. The Morgan fingerprint density at radius 2 is 1.89 bits per heavy atom. The smallest absolute Gasteiger partial charge is 0.343 e. The Hall–Kier alpha value is -3.29. The molecule has 0 bridgehead atoms. The molecule has 144 valence electrons. The SMILES string of the molecule is CCOc1cc(CNC(=O)c2ccc(OCC(=O)OC)c(OC)c2)ccn1. The van der Waals surface area contributed by atoms with E-state index in [2.05, 4.69) is 15.0 Å². The highest BCUT2D eigenvalue weighted by Gasteiger charge is 2.13. The van der Waals surface area contributed by atoms with E-state index in [-0.39, 0.29) is 12.5 Å². The van der Waals surface area contributed by atoms with Crippen LogP contribution in [0.4, 0.5) is 0 Å². The monoisotopic (exact) mass is 374 g/mol. The highest BCUT2D eigenvalue weighted by molar-refractivity contribution is 5.94. The third-order valence-corrected chi connectivity index (χ3v) is 3.54. The van der Waals surface area contributed by atoms with E-state index in [1.54, 1.807) is 36.5 Å². The van der Waals surface area contributed by atoms with Crippen molar-refractivity contribution in [3.8, 4) is 17.4 Å². The number of rotatable bonds is 9. The highest BCUT2D eigenvalue weighted by atomic mass is 16.6. The largest absolute Gasteiger partial charge is 0.493 e. The lowest BCUT2D eigenvalue weighted by Gasteiger charge is -2.12. The van der Waals surface area contributed by atoms with Gasteiger partial charge in [-0.05, 0) is 36.8 Å². The van der Waals surface area contributed by atoms with Gasteiger partial charge in [-0.25, -0.2) is 9.78 Å². The Labute approximate surface area is 157 Å². The number of esters is 1. The summed E-state index contributed by atoms with van der Waals surface area (Å²) >= 11 is 0. The van der Waals surface area contributed by atoms with Crippen molar-refractivity contribution in [2.75, 3.05) is 27.4 Å². The number of benzene rings is 1. The summed E-state index contributed by atoms with van der Waals surface area (Å²) in [6.45, 7) is 2.47. The molecule has 1 amide bonds. The molecule has 0 aliphatic heterocycles. The average Bonchev–Trinajstić information content (AvgIpc) is 2.70. The van der Waals surface area contributed by atoms with Gasteiger partial charge in [0, 0.05) is 24.4 Å². The zero-order chi connectivity index (χ0) is 19.6. The first-order chi connectivity index (χ1) is 13.1. The number of ether oxygens (including phenoxy) is 4. The van der Waals surface area contributed by atoms with Gasteiger partial charge in [0.1, 0.15) is 0 Å². The first-order valence-electron chi connectivity index (χ1n) is 8.31. The molecule has 0 radical (unpaired) electrons. The molecule has 0 saturated heterocycles. The van der Waals surface area contributed by atoms with Crippen LogP contribution in [0.1, 0.15) is 22.8 Å².